The van der Waals surface area contributed by atoms with Gasteiger partial charge in [0.1, 0.15) is 11.9 Å². The van der Waals surface area contributed by atoms with E-state index >= 15 is 0 Å². The summed E-state index contributed by atoms with van der Waals surface area (Å²) in [6, 6.07) is 5.74. The summed E-state index contributed by atoms with van der Waals surface area (Å²) in [7, 11) is 2.61. The lowest BCUT2D eigenvalue weighted by Crippen LogP contribution is -2.17. The molecule has 18 heavy (non-hydrogen) atoms. The number of aliphatic hydroxyl groups is 2. The van der Waals surface area contributed by atoms with Gasteiger partial charge in [-0.05, 0) is 18.2 Å². The third-order valence-electron chi connectivity index (χ3n) is 2.40. The summed E-state index contributed by atoms with van der Waals surface area (Å²) in [5.74, 6) is -0.318. The van der Waals surface area contributed by atoms with E-state index in [2.05, 4.69) is 4.74 Å². The number of carbonyl (C=O) groups is 1. The zero-order valence-corrected chi connectivity index (χ0v) is 9.95. The molecule has 1 rings (SSSR count). The van der Waals surface area contributed by atoms with Gasteiger partial charge < -0.3 is 19.7 Å². The van der Waals surface area contributed by atoms with Gasteiger partial charge in [-0.2, -0.15) is 5.26 Å². The maximum atomic E-state index is 11.4. The Morgan fingerprint density at radius 3 is 2.56 bits per heavy atom. The molecule has 2 unspecified atom stereocenters. The summed E-state index contributed by atoms with van der Waals surface area (Å²) < 4.78 is 9.54. The van der Waals surface area contributed by atoms with Crippen LogP contribution in [0, 0.1) is 11.3 Å². The van der Waals surface area contributed by atoms with Crippen molar-refractivity contribution in [2.75, 3.05) is 14.2 Å². The highest BCUT2D eigenvalue weighted by molar-refractivity contribution is 5.89. The monoisotopic (exact) mass is 251 g/mol. The Balaban J connectivity index is 3.22. The highest BCUT2D eigenvalue weighted by Gasteiger charge is 2.23. The average molecular weight is 251 g/mol. The van der Waals surface area contributed by atoms with E-state index in [0.29, 0.717) is 0 Å². The van der Waals surface area contributed by atoms with E-state index in [9.17, 15) is 15.0 Å². The number of ether oxygens (including phenoxy) is 2. The fraction of sp³-hybridized carbons (Fsp3) is 0.333. The molecule has 6 heteroatoms. The first kappa shape index (κ1) is 14.0. The third-order valence-corrected chi connectivity index (χ3v) is 2.40. The first-order valence-corrected chi connectivity index (χ1v) is 5.07. The number of methoxy groups -OCH3 is 2. The largest absolute Gasteiger partial charge is 0.496 e. The first-order chi connectivity index (χ1) is 8.54. The maximum absolute atomic E-state index is 11.4. The number of carbonyl (C=O) groups excluding carboxylic acids is 1. The van der Waals surface area contributed by atoms with E-state index in [-0.39, 0.29) is 16.9 Å². The van der Waals surface area contributed by atoms with Crippen LogP contribution in [0.2, 0.25) is 0 Å². The van der Waals surface area contributed by atoms with Gasteiger partial charge in [0.25, 0.3) is 0 Å². The quantitative estimate of drug-likeness (QED) is 0.593. The summed E-state index contributed by atoms with van der Waals surface area (Å²) in [4.78, 5) is 11.4. The normalized spacial score (nSPS) is 13.3. The van der Waals surface area contributed by atoms with Gasteiger partial charge in [0, 0.05) is 5.56 Å². The standard InChI is InChI=1S/C12H13NO5/c1-17-10-4-3-7(12(16)18-2)5-8(10)11(15)9(14)6-13/h3-5,9,11,14-15H,1-2H3. The van der Waals surface area contributed by atoms with Crippen LogP contribution in [0.15, 0.2) is 18.2 Å². The minimum absolute atomic E-state index is 0.148. The molecule has 6 nitrogen and oxygen atoms in total. The molecule has 0 saturated heterocycles. The molecule has 0 bridgehead atoms. The van der Waals surface area contributed by atoms with E-state index < -0.39 is 18.2 Å². The zero-order valence-electron chi connectivity index (χ0n) is 9.95. The van der Waals surface area contributed by atoms with E-state index in [1.807, 2.05) is 0 Å². The van der Waals surface area contributed by atoms with E-state index in [1.165, 1.54) is 38.5 Å². The molecule has 2 N–H and O–H groups in total. The van der Waals surface area contributed by atoms with Gasteiger partial charge in [-0.3, -0.25) is 0 Å². The second-order valence-corrected chi connectivity index (χ2v) is 3.47. The number of esters is 1. The second-order valence-electron chi connectivity index (χ2n) is 3.47. The minimum Gasteiger partial charge on any atom is -0.496 e. The molecule has 96 valence electrons. The van der Waals surface area contributed by atoms with Crippen LogP contribution in [-0.4, -0.2) is 36.5 Å². The van der Waals surface area contributed by atoms with Crippen molar-refractivity contribution in [3.63, 3.8) is 0 Å². The Hall–Kier alpha value is -2.10. The molecular formula is C12H13NO5. The minimum atomic E-state index is -1.60. The number of aliphatic hydroxyl groups excluding tert-OH is 2. The molecular weight excluding hydrogens is 238 g/mol. The number of hydrogen-bond acceptors (Lipinski definition) is 6. The van der Waals surface area contributed by atoms with Crippen molar-refractivity contribution in [3.8, 4) is 11.8 Å². The lowest BCUT2D eigenvalue weighted by atomic mass is 10.0. The Bertz CT molecular complexity index is 480. The van der Waals surface area contributed by atoms with Crippen LogP contribution < -0.4 is 4.74 Å². The summed E-state index contributed by atoms with van der Waals surface area (Å²) in [6.45, 7) is 0. The van der Waals surface area contributed by atoms with Crippen molar-refractivity contribution in [1.82, 2.24) is 0 Å². The number of nitrogens with zero attached hydrogens (tertiary/aromatic N) is 1. The topological polar surface area (TPSA) is 99.8 Å². The van der Waals surface area contributed by atoms with Gasteiger partial charge in [0.05, 0.1) is 25.9 Å². The van der Waals surface area contributed by atoms with Crippen molar-refractivity contribution in [3.05, 3.63) is 29.3 Å². The van der Waals surface area contributed by atoms with Crippen LogP contribution in [0.4, 0.5) is 0 Å². The van der Waals surface area contributed by atoms with Gasteiger partial charge in [0.2, 0.25) is 0 Å². The molecule has 1 aromatic rings. The second kappa shape index (κ2) is 6.00. The number of nitriles is 1. The molecule has 1 aromatic carbocycles. The first-order valence-electron chi connectivity index (χ1n) is 5.07. The molecule has 0 amide bonds. The van der Waals surface area contributed by atoms with Gasteiger partial charge in [-0.1, -0.05) is 0 Å². The molecule has 0 fully saturated rings. The summed E-state index contributed by atoms with van der Waals surface area (Å²) in [6.07, 6.45) is -3.07. The number of rotatable bonds is 4. The Labute approximate surface area is 104 Å². The lowest BCUT2D eigenvalue weighted by Gasteiger charge is -2.16. The Kier molecular flexibility index (Phi) is 4.66. The fourth-order valence-electron chi connectivity index (χ4n) is 1.45. The molecule has 0 spiro atoms. The van der Waals surface area contributed by atoms with Crippen LogP contribution >= 0.6 is 0 Å². The zero-order chi connectivity index (χ0) is 13.7. The van der Waals surface area contributed by atoms with Crippen LogP contribution in [0.3, 0.4) is 0 Å². The van der Waals surface area contributed by atoms with Gasteiger partial charge in [0.15, 0.2) is 6.10 Å². The highest BCUT2D eigenvalue weighted by atomic mass is 16.5. The van der Waals surface area contributed by atoms with Crippen molar-refractivity contribution >= 4 is 5.97 Å². The number of hydrogen-bond donors (Lipinski definition) is 2. The van der Waals surface area contributed by atoms with Crippen LogP contribution in [0.25, 0.3) is 0 Å². The van der Waals surface area contributed by atoms with Crippen molar-refractivity contribution in [1.29, 1.82) is 5.26 Å². The molecule has 0 aromatic heterocycles. The Morgan fingerprint density at radius 1 is 1.39 bits per heavy atom. The summed E-state index contributed by atoms with van der Waals surface area (Å²) >= 11 is 0. The third kappa shape index (κ3) is 2.77. The molecule has 0 radical (unpaired) electrons. The predicted molar refractivity (Wildman–Crippen MR) is 60.9 cm³/mol. The van der Waals surface area contributed by atoms with Gasteiger partial charge in [-0.15, -0.1) is 0 Å². The lowest BCUT2D eigenvalue weighted by molar-refractivity contribution is 0.0505. The molecule has 2 atom stereocenters. The molecule has 0 heterocycles. The van der Waals surface area contributed by atoms with Gasteiger partial charge >= 0.3 is 5.97 Å². The average Bonchev–Trinajstić information content (AvgIpc) is 2.43. The van der Waals surface area contributed by atoms with Gasteiger partial charge in [-0.25, -0.2) is 4.79 Å². The van der Waals surface area contributed by atoms with Crippen LogP contribution in [-0.2, 0) is 4.74 Å². The molecule has 0 saturated carbocycles. The summed E-state index contributed by atoms with van der Waals surface area (Å²) in [5, 5.41) is 27.6. The van der Waals surface area contributed by atoms with Crippen LogP contribution in [0.1, 0.15) is 22.0 Å². The maximum Gasteiger partial charge on any atom is 0.337 e. The van der Waals surface area contributed by atoms with E-state index in [1.54, 1.807) is 0 Å². The molecule has 0 aliphatic carbocycles. The Morgan fingerprint density at radius 2 is 2.06 bits per heavy atom. The van der Waals surface area contributed by atoms with E-state index in [4.69, 9.17) is 10.00 Å². The SMILES string of the molecule is COC(=O)c1ccc(OC)c(C(O)C(O)C#N)c1. The van der Waals surface area contributed by atoms with E-state index in [0.717, 1.165) is 0 Å². The summed E-state index contributed by atoms with van der Waals surface area (Å²) in [5.41, 5.74) is 0.340. The fourth-order valence-corrected chi connectivity index (χ4v) is 1.45. The number of benzene rings is 1. The molecule has 0 aliphatic heterocycles. The molecule has 0 aliphatic rings. The van der Waals surface area contributed by atoms with Crippen molar-refractivity contribution in [2.24, 2.45) is 0 Å². The highest BCUT2D eigenvalue weighted by Crippen LogP contribution is 2.28. The van der Waals surface area contributed by atoms with Crippen LogP contribution in [0.5, 0.6) is 5.75 Å². The van der Waals surface area contributed by atoms with Crippen molar-refractivity contribution in [2.45, 2.75) is 12.2 Å². The van der Waals surface area contributed by atoms with Crippen molar-refractivity contribution < 1.29 is 24.5 Å². The predicted octanol–water partition coefficient (Wildman–Crippen LogP) is 0.400. The smallest absolute Gasteiger partial charge is 0.337 e.